The molecule has 0 saturated heterocycles. The zero-order valence-electron chi connectivity index (χ0n) is 13.5. The summed E-state index contributed by atoms with van der Waals surface area (Å²) < 4.78 is 12.9. The third kappa shape index (κ3) is 5.81. The van der Waals surface area contributed by atoms with Gasteiger partial charge in [-0.25, -0.2) is 4.39 Å². The zero-order chi connectivity index (χ0) is 16.5. The topological polar surface area (TPSA) is 42.0 Å². The molecule has 0 bridgehead atoms. The van der Waals surface area contributed by atoms with Gasteiger partial charge in [-0.3, -0.25) is 9.78 Å². The molecule has 23 heavy (non-hydrogen) atoms. The molecule has 122 valence electrons. The maximum atomic E-state index is 12.9. The van der Waals surface area contributed by atoms with Gasteiger partial charge in [-0.1, -0.05) is 38.0 Å². The lowest BCUT2D eigenvalue weighted by Gasteiger charge is -2.18. The molecule has 3 nitrogen and oxygen atoms in total. The first kappa shape index (κ1) is 17.1. The number of amides is 1. The van der Waals surface area contributed by atoms with Crippen LogP contribution in [0.1, 0.15) is 49.8 Å². The number of pyridine rings is 1. The van der Waals surface area contributed by atoms with E-state index in [-0.39, 0.29) is 17.8 Å². The average molecular weight is 314 g/mol. The quantitative estimate of drug-likeness (QED) is 0.793. The Bertz CT molecular complexity index is 599. The highest BCUT2D eigenvalue weighted by molar-refractivity contribution is 5.76. The van der Waals surface area contributed by atoms with Crippen molar-refractivity contribution in [3.63, 3.8) is 0 Å². The van der Waals surface area contributed by atoms with Crippen molar-refractivity contribution < 1.29 is 9.18 Å². The highest BCUT2D eigenvalue weighted by Crippen LogP contribution is 2.18. The van der Waals surface area contributed by atoms with E-state index in [1.54, 1.807) is 24.5 Å². The summed E-state index contributed by atoms with van der Waals surface area (Å²) in [6.07, 6.45) is 7.59. The fourth-order valence-corrected chi connectivity index (χ4v) is 2.49. The Balaban J connectivity index is 1.90. The van der Waals surface area contributed by atoms with Gasteiger partial charge in [0.2, 0.25) is 5.91 Å². The molecule has 1 N–H and O–H groups in total. The molecule has 1 atom stereocenters. The van der Waals surface area contributed by atoms with E-state index < -0.39 is 0 Å². The maximum Gasteiger partial charge on any atom is 0.220 e. The molecule has 0 radical (unpaired) electrons. The molecule has 1 unspecified atom stereocenters. The van der Waals surface area contributed by atoms with E-state index in [0.717, 1.165) is 30.4 Å². The first-order chi connectivity index (χ1) is 11.2. The van der Waals surface area contributed by atoms with Crippen molar-refractivity contribution in [2.24, 2.45) is 0 Å². The Kier molecular flexibility index (Phi) is 6.73. The van der Waals surface area contributed by atoms with Crippen molar-refractivity contribution >= 4 is 5.91 Å². The fourth-order valence-electron chi connectivity index (χ4n) is 2.49. The van der Waals surface area contributed by atoms with Crippen molar-refractivity contribution in [3.05, 3.63) is 65.7 Å². The van der Waals surface area contributed by atoms with Crippen molar-refractivity contribution in [1.82, 2.24) is 10.3 Å². The second kappa shape index (κ2) is 9.03. The summed E-state index contributed by atoms with van der Waals surface area (Å²) in [5.41, 5.74) is 2.00. The van der Waals surface area contributed by atoms with Gasteiger partial charge in [0.15, 0.2) is 0 Å². The van der Waals surface area contributed by atoms with Crippen LogP contribution in [0.2, 0.25) is 0 Å². The number of halogens is 1. The average Bonchev–Trinajstić information content (AvgIpc) is 2.59. The lowest BCUT2D eigenvalue weighted by atomic mass is 10.0. The van der Waals surface area contributed by atoms with Gasteiger partial charge in [0, 0.05) is 18.8 Å². The van der Waals surface area contributed by atoms with Gasteiger partial charge >= 0.3 is 0 Å². The van der Waals surface area contributed by atoms with Gasteiger partial charge in [0.1, 0.15) is 5.82 Å². The molecule has 0 aliphatic rings. The maximum absolute atomic E-state index is 12.9. The van der Waals surface area contributed by atoms with E-state index in [1.165, 1.54) is 12.1 Å². The highest BCUT2D eigenvalue weighted by Gasteiger charge is 2.14. The van der Waals surface area contributed by atoms with Crippen LogP contribution in [0, 0.1) is 5.82 Å². The molecule has 0 spiro atoms. The van der Waals surface area contributed by atoms with Crippen molar-refractivity contribution in [1.29, 1.82) is 0 Å². The third-order valence-electron chi connectivity index (χ3n) is 3.82. The van der Waals surface area contributed by atoms with Crippen molar-refractivity contribution in [2.45, 2.75) is 45.1 Å². The number of aromatic nitrogens is 1. The Morgan fingerprint density at radius 3 is 2.70 bits per heavy atom. The lowest BCUT2D eigenvalue weighted by molar-refractivity contribution is -0.121. The first-order valence-electron chi connectivity index (χ1n) is 8.12. The van der Waals surface area contributed by atoms with E-state index in [4.69, 9.17) is 0 Å². The SMILES string of the molecule is CCCCC(NC(=O)CCc1ccc(F)cc1)c1cccnc1. The number of carbonyl (C=O) groups excluding carboxylic acids is 1. The highest BCUT2D eigenvalue weighted by atomic mass is 19.1. The Morgan fingerprint density at radius 2 is 2.04 bits per heavy atom. The number of rotatable bonds is 8. The third-order valence-corrected chi connectivity index (χ3v) is 3.82. The predicted molar refractivity (Wildman–Crippen MR) is 89.4 cm³/mol. The van der Waals surface area contributed by atoms with E-state index in [9.17, 15) is 9.18 Å². The van der Waals surface area contributed by atoms with Crippen LogP contribution in [-0.2, 0) is 11.2 Å². The summed E-state index contributed by atoms with van der Waals surface area (Å²) in [6, 6.07) is 10.2. The van der Waals surface area contributed by atoms with Crippen LogP contribution in [0.3, 0.4) is 0 Å². The Morgan fingerprint density at radius 1 is 1.26 bits per heavy atom. The summed E-state index contributed by atoms with van der Waals surface area (Å²) in [4.78, 5) is 16.4. The van der Waals surface area contributed by atoms with Gasteiger partial charge in [0.25, 0.3) is 0 Å². The van der Waals surface area contributed by atoms with Crippen molar-refractivity contribution in [3.8, 4) is 0 Å². The van der Waals surface area contributed by atoms with Gasteiger partial charge < -0.3 is 5.32 Å². The predicted octanol–water partition coefficient (Wildman–Crippen LogP) is 4.20. The molecule has 4 heteroatoms. The van der Waals surface area contributed by atoms with Crippen LogP contribution < -0.4 is 5.32 Å². The number of nitrogens with zero attached hydrogens (tertiary/aromatic N) is 1. The Hall–Kier alpha value is -2.23. The van der Waals surface area contributed by atoms with Crippen LogP contribution in [0.15, 0.2) is 48.8 Å². The molecule has 0 aliphatic carbocycles. The molecule has 0 saturated carbocycles. The normalized spacial score (nSPS) is 11.9. The smallest absolute Gasteiger partial charge is 0.220 e. The van der Waals surface area contributed by atoms with Crippen LogP contribution >= 0.6 is 0 Å². The Labute approximate surface area is 137 Å². The van der Waals surface area contributed by atoms with Crippen LogP contribution in [0.25, 0.3) is 0 Å². The number of nitrogens with one attached hydrogen (secondary N) is 1. The van der Waals surface area contributed by atoms with E-state index in [0.29, 0.717) is 12.8 Å². The standard InChI is InChI=1S/C19H23FN2O/c1-2-3-6-18(16-5-4-13-21-14-16)22-19(23)12-9-15-7-10-17(20)11-8-15/h4-5,7-8,10-11,13-14,18H,2-3,6,9,12H2,1H3,(H,22,23). The van der Waals surface area contributed by atoms with Gasteiger partial charge in [-0.2, -0.15) is 0 Å². The molecule has 1 aromatic heterocycles. The van der Waals surface area contributed by atoms with E-state index >= 15 is 0 Å². The van der Waals surface area contributed by atoms with Crippen LogP contribution in [0.5, 0.6) is 0 Å². The summed E-state index contributed by atoms with van der Waals surface area (Å²) in [6.45, 7) is 2.14. The summed E-state index contributed by atoms with van der Waals surface area (Å²) in [7, 11) is 0. The summed E-state index contributed by atoms with van der Waals surface area (Å²) >= 11 is 0. The number of unbranched alkanes of at least 4 members (excludes halogenated alkanes) is 1. The molecule has 0 aliphatic heterocycles. The second-order valence-electron chi connectivity index (χ2n) is 5.68. The number of hydrogen-bond donors (Lipinski definition) is 1. The van der Waals surface area contributed by atoms with Gasteiger partial charge in [-0.15, -0.1) is 0 Å². The van der Waals surface area contributed by atoms with Crippen LogP contribution in [0.4, 0.5) is 4.39 Å². The molecule has 2 rings (SSSR count). The minimum Gasteiger partial charge on any atom is -0.349 e. The summed E-state index contributed by atoms with van der Waals surface area (Å²) in [5, 5.41) is 3.10. The van der Waals surface area contributed by atoms with E-state index in [2.05, 4.69) is 17.2 Å². The monoisotopic (exact) mass is 314 g/mol. The number of aryl methyl sites for hydroxylation is 1. The fraction of sp³-hybridized carbons (Fsp3) is 0.368. The summed E-state index contributed by atoms with van der Waals surface area (Å²) in [5.74, 6) is -0.242. The molecule has 1 amide bonds. The first-order valence-corrected chi connectivity index (χ1v) is 8.12. The van der Waals surface area contributed by atoms with Crippen LogP contribution in [-0.4, -0.2) is 10.9 Å². The zero-order valence-corrected chi connectivity index (χ0v) is 13.5. The molecule has 1 heterocycles. The molecular weight excluding hydrogens is 291 g/mol. The van der Waals surface area contributed by atoms with Gasteiger partial charge in [0.05, 0.1) is 6.04 Å². The minimum atomic E-state index is -0.255. The molecule has 0 fully saturated rings. The molecule has 2 aromatic rings. The number of carbonyl (C=O) groups is 1. The second-order valence-corrected chi connectivity index (χ2v) is 5.68. The van der Waals surface area contributed by atoms with Gasteiger partial charge in [-0.05, 0) is 42.2 Å². The van der Waals surface area contributed by atoms with Crippen molar-refractivity contribution in [2.75, 3.05) is 0 Å². The number of benzene rings is 1. The minimum absolute atomic E-state index is 0.00404. The van der Waals surface area contributed by atoms with E-state index in [1.807, 2.05) is 12.1 Å². The largest absolute Gasteiger partial charge is 0.349 e. The molecule has 1 aromatic carbocycles. The lowest BCUT2D eigenvalue weighted by Crippen LogP contribution is -2.28. The number of hydrogen-bond acceptors (Lipinski definition) is 2. The molecular formula is C19H23FN2O.